The summed E-state index contributed by atoms with van der Waals surface area (Å²) in [7, 11) is 3.45. The van der Waals surface area contributed by atoms with E-state index in [0.29, 0.717) is 24.5 Å². The van der Waals surface area contributed by atoms with Gasteiger partial charge in [0.05, 0.1) is 22.5 Å². The van der Waals surface area contributed by atoms with Crippen molar-refractivity contribution in [3.8, 4) is 0 Å². The van der Waals surface area contributed by atoms with Crippen molar-refractivity contribution >= 4 is 11.6 Å². The van der Waals surface area contributed by atoms with Crippen molar-refractivity contribution in [1.29, 1.82) is 0 Å². The van der Waals surface area contributed by atoms with Gasteiger partial charge in [-0.15, -0.1) is 0 Å². The highest BCUT2D eigenvalue weighted by Crippen LogP contribution is 2.21. The van der Waals surface area contributed by atoms with Gasteiger partial charge in [0, 0.05) is 27.2 Å². The van der Waals surface area contributed by atoms with E-state index in [4.69, 9.17) is 16.3 Å². The van der Waals surface area contributed by atoms with Gasteiger partial charge in [0.1, 0.15) is 0 Å². The third-order valence-electron chi connectivity index (χ3n) is 2.35. The lowest BCUT2D eigenvalue weighted by Crippen LogP contribution is -2.15. The van der Waals surface area contributed by atoms with Crippen LogP contribution in [0.1, 0.15) is 17.8 Å². The molecule has 0 aliphatic heterocycles. The minimum Gasteiger partial charge on any atom is -0.393 e. The van der Waals surface area contributed by atoms with Crippen molar-refractivity contribution < 1.29 is 9.84 Å². The Kier molecular flexibility index (Phi) is 4.57. The van der Waals surface area contributed by atoms with Gasteiger partial charge in [0.25, 0.3) is 0 Å². The molecule has 1 unspecified atom stereocenters. The second-order valence-corrected chi connectivity index (χ2v) is 3.99. The smallest absolute Gasteiger partial charge is 0.0847 e. The highest BCUT2D eigenvalue weighted by molar-refractivity contribution is 6.31. The number of aliphatic hydroxyl groups excluding tert-OH is 1. The maximum absolute atomic E-state index is 9.71. The normalized spacial score (nSPS) is 13.1. The average molecular weight is 233 g/mol. The van der Waals surface area contributed by atoms with Crippen LogP contribution in [0.25, 0.3) is 0 Å². The predicted octanol–water partition coefficient (Wildman–Crippen LogP) is 1.32. The lowest BCUT2D eigenvalue weighted by Gasteiger charge is -2.10. The first-order chi connectivity index (χ1) is 7.06. The maximum Gasteiger partial charge on any atom is 0.0847 e. The summed E-state index contributed by atoms with van der Waals surface area (Å²) in [6.07, 6.45) is 0.689. The van der Waals surface area contributed by atoms with Crippen molar-refractivity contribution in [1.82, 2.24) is 9.78 Å². The van der Waals surface area contributed by atoms with E-state index in [0.717, 1.165) is 11.4 Å². The van der Waals surface area contributed by atoms with Crippen LogP contribution in [0.4, 0.5) is 0 Å². The Balaban J connectivity index is 2.63. The molecule has 1 heterocycles. The standard InChI is InChI=1S/C10H17ClN2O2/c1-7-10(11)9(13(2)12-7)6-8(14)4-5-15-3/h8,14H,4-6H2,1-3H3. The molecular weight excluding hydrogens is 216 g/mol. The molecule has 0 saturated carbocycles. The molecule has 0 aromatic carbocycles. The Bertz CT molecular complexity index is 325. The first-order valence-electron chi connectivity index (χ1n) is 4.91. The number of hydrogen-bond acceptors (Lipinski definition) is 3. The van der Waals surface area contributed by atoms with E-state index in [-0.39, 0.29) is 0 Å². The van der Waals surface area contributed by atoms with Crippen LogP contribution in [-0.4, -0.2) is 34.7 Å². The molecule has 5 heteroatoms. The Morgan fingerprint density at radius 3 is 2.73 bits per heavy atom. The number of methoxy groups -OCH3 is 1. The number of halogens is 1. The van der Waals surface area contributed by atoms with Gasteiger partial charge in [-0.25, -0.2) is 0 Å². The topological polar surface area (TPSA) is 47.3 Å². The van der Waals surface area contributed by atoms with Crippen molar-refractivity contribution in [3.63, 3.8) is 0 Å². The predicted molar refractivity (Wildman–Crippen MR) is 59.2 cm³/mol. The molecule has 1 rings (SSSR count). The number of hydrogen-bond donors (Lipinski definition) is 1. The molecule has 4 nitrogen and oxygen atoms in total. The molecule has 1 atom stereocenters. The van der Waals surface area contributed by atoms with Crippen LogP contribution in [-0.2, 0) is 18.2 Å². The zero-order valence-electron chi connectivity index (χ0n) is 9.33. The second-order valence-electron chi connectivity index (χ2n) is 3.61. The Hall–Kier alpha value is -0.580. The van der Waals surface area contributed by atoms with Crippen LogP contribution < -0.4 is 0 Å². The zero-order valence-corrected chi connectivity index (χ0v) is 10.1. The summed E-state index contributed by atoms with van der Waals surface area (Å²) in [5.74, 6) is 0. The fourth-order valence-electron chi connectivity index (χ4n) is 1.48. The lowest BCUT2D eigenvalue weighted by molar-refractivity contribution is 0.109. The third kappa shape index (κ3) is 3.19. The quantitative estimate of drug-likeness (QED) is 0.833. The summed E-state index contributed by atoms with van der Waals surface area (Å²) >= 11 is 6.07. The Labute approximate surface area is 94.8 Å². The lowest BCUT2D eigenvalue weighted by atomic mass is 10.1. The number of ether oxygens (including phenoxy) is 1. The zero-order chi connectivity index (χ0) is 11.4. The van der Waals surface area contributed by atoms with Crippen LogP contribution in [0.5, 0.6) is 0 Å². The van der Waals surface area contributed by atoms with Gasteiger partial charge in [-0.3, -0.25) is 4.68 Å². The summed E-state index contributed by atoms with van der Waals surface area (Å²) in [5.41, 5.74) is 1.67. The van der Waals surface area contributed by atoms with Gasteiger partial charge in [-0.2, -0.15) is 5.10 Å². The number of aromatic nitrogens is 2. The van der Waals surface area contributed by atoms with Crippen molar-refractivity contribution in [2.45, 2.75) is 25.9 Å². The molecule has 86 valence electrons. The molecule has 0 spiro atoms. The van der Waals surface area contributed by atoms with Crippen LogP contribution in [0, 0.1) is 6.92 Å². The van der Waals surface area contributed by atoms with Gasteiger partial charge in [-0.05, 0) is 13.3 Å². The minimum absolute atomic E-state index is 0.433. The molecule has 1 N–H and O–H groups in total. The fraction of sp³-hybridized carbons (Fsp3) is 0.700. The third-order valence-corrected chi connectivity index (χ3v) is 2.84. The SMILES string of the molecule is COCCC(O)Cc1c(Cl)c(C)nn1C. The van der Waals surface area contributed by atoms with Gasteiger partial charge >= 0.3 is 0 Å². The summed E-state index contributed by atoms with van der Waals surface area (Å²) in [6.45, 7) is 2.41. The van der Waals surface area contributed by atoms with Crippen molar-refractivity contribution in [3.05, 3.63) is 16.4 Å². The molecule has 1 aromatic rings. The van der Waals surface area contributed by atoms with E-state index in [2.05, 4.69) is 5.10 Å². The second kappa shape index (κ2) is 5.49. The average Bonchev–Trinajstić information content (AvgIpc) is 2.42. The molecule has 0 aliphatic rings. The van der Waals surface area contributed by atoms with E-state index in [1.165, 1.54) is 0 Å². The first-order valence-corrected chi connectivity index (χ1v) is 5.29. The number of aryl methyl sites for hydroxylation is 2. The molecular formula is C10H17ClN2O2. The van der Waals surface area contributed by atoms with Crippen LogP contribution in [0.15, 0.2) is 0 Å². The van der Waals surface area contributed by atoms with Crippen molar-refractivity contribution in [2.24, 2.45) is 7.05 Å². The van der Waals surface area contributed by atoms with Crippen LogP contribution in [0.3, 0.4) is 0 Å². The van der Waals surface area contributed by atoms with E-state index < -0.39 is 6.10 Å². The Morgan fingerprint density at radius 2 is 2.27 bits per heavy atom. The molecule has 1 aromatic heterocycles. The molecule has 15 heavy (non-hydrogen) atoms. The molecule has 0 radical (unpaired) electrons. The number of aliphatic hydroxyl groups is 1. The molecule has 0 bridgehead atoms. The Morgan fingerprint density at radius 1 is 1.60 bits per heavy atom. The number of rotatable bonds is 5. The molecule has 0 amide bonds. The summed E-state index contributed by atoms with van der Waals surface area (Å²) in [6, 6.07) is 0. The highest BCUT2D eigenvalue weighted by Gasteiger charge is 2.14. The number of nitrogens with zero attached hydrogens (tertiary/aromatic N) is 2. The highest BCUT2D eigenvalue weighted by atomic mass is 35.5. The fourth-order valence-corrected chi connectivity index (χ4v) is 1.72. The summed E-state index contributed by atoms with van der Waals surface area (Å²) < 4.78 is 6.62. The van der Waals surface area contributed by atoms with Gasteiger partial charge in [0.15, 0.2) is 0 Å². The van der Waals surface area contributed by atoms with Gasteiger partial charge in [-0.1, -0.05) is 11.6 Å². The van der Waals surface area contributed by atoms with Gasteiger partial charge in [0.2, 0.25) is 0 Å². The summed E-state index contributed by atoms with van der Waals surface area (Å²) in [5, 5.41) is 14.5. The monoisotopic (exact) mass is 232 g/mol. The van der Waals surface area contributed by atoms with E-state index in [1.807, 2.05) is 14.0 Å². The van der Waals surface area contributed by atoms with Gasteiger partial charge < -0.3 is 9.84 Å². The van der Waals surface area contributed by atoms with Crippen LogP contribution >= 0.6 is 11.6 Å². The van der Waals surface area contributed by atoms with E-state index >= 15 is 0 Å². The molecule has 0 saturated heterocycles. The van der Waals surface area contributed by atoms with Crippen molar-refractivity contribution in [2.75, 3.05) is 13.7 Å². The summed E-state index contributed by atoms with van der Waals surface area (Å²) in [4.78, 5) is 0. The van der Waals surface area contributed by atoms with E-state index in [1.54, 1.807) is 11.8 Å². The van der Waals surface area contributed by atoms with E-state index in [9.17, 15) is 5.11 Å². The minimum atomic E-state index is -0.433. The molecule has 0 aliphatic carbocycles. The van der Waals surface area contributed by atoms with Crippen LogP contribution in [0.2, 0.25) is 5.02 Å². The largest absolute Gasteiger partial charge is 0.393 e. The maximum atomic E-state index is 9.71. The first kappa shape index (κ1) is 12.5. The molecule has 0 fully saturated rings.